The molecular formula is C15H30N2. The summed E-state index contributed by atoms with van der Waals surface area (Å²) in [7, 11) is 2.14. The molecule has 0 aliphatic heterocycles. The van der Waals surface area contributed by atoms with Crippen LogP contribution in [0.25, 0.3) is 0 Å². The maximum atomic E-state index is 3.50. The molecule has 17 heavy (non-hydrogen) atoms. The molecule has 0 heterocycles. The molecule has 1 N–H and O–H groups in total. The lowest BCUT2D eigenvalue weighted by atomic mass is 9.99. The second-order valence-corrected chi connectivity index (χ2v) is 6.12. The molecule has 0 aromatic carbocycles. The maximum Gasteiger partial charge on any atom is 0.00928 e. The second kappa shape index (κ2) is 6.75. The molecule has 2 fully saturated rings. The standard InChI is InChI=1S/C15H30N2/c1-3-10-17(12-13-7-8-13)11-9-14-5-4-6-15(14)16-2/h13-16H,3-12H2,1-2H3. The SMILES string of the molecule is CCCN(CCC1CCCC1NC)CC1CC1. The quantitative estimate of drug-likeness (QED) is 0.699. The lowest BCUT2D eigenvalue weighted by Crippen LogP contribution is -2.34. The Hall–Kier alpha value is -0.0800. The molecule has 0 saturated heterocycles. The average Bonchev–Trinajstić information content (AvgIpc) is 3.03. The van der Waals surface area contributed by atoms with E-state index in [0.29, 0.717) is 0 Å². The fourth-order valence-electron chi connectivity index (χ4n) is 3.39. The van der Waals surface area contributed by atoms with Crippen LogP contribution in [-0.4, -0.2) is 37.6 Å². The molecule has 0 aromatic heterocycles. The summed E-state index contributed by atoms with van der Waals surface area (Å²) in [5.41, 5.74) is 0. The Balaban J connectivity index is 1.69. The minimum Gasteiger partial charge on any atom is -0.317 e. The number of hydrogen-bond donors (Lipinski definition) is 1. The van der Waals surface area contributed by atoms with Gasteiger partial charge in [0.2, 0.25) is 0 Å². The topological polar surface area (TPSA) is 15.3 Å². The van der Waals surface area contributed by atoms with Crippen molar-refractivity contribution >= 4 is 0 Å². The molecule has 2 saturated carbocycles. The lowest BCUT2D eigenvalue weighted by molar-refractivity contribution is 0.234. The Labute approximate surface area is 107 Å². The maximum absolute atomic E-state index is 3.50. The molecule has 0 bridgehead atoms. The van der Waals surface area contributed by atoms with E-state index in [9.17, 15) is 0 Å². The Morgan fingerprint density at radius 3 is 2.59 bits per heavy atom. The van der Waals surface area contributed by atoms with Crippen molar-refractivity contribution in [1.82, 2.24) is 10.2 Å². The van der Waals surface area contributed by atoms with Crippen LogP contribution in [0.1, 0.15) is 51.9 Å². The fraction of sp³-hybridized carbons (Fsp3) is 1.00. The first-order valence-electron chi connectivity index (χ1n) is 7.73. The van der Waals surface area contributed by atoms with Crippen LogP contribution >= 0.6 is 0 Å². The number of nitrogens with one attached hydrogen (secondary N) is 1. The van der Waals surface area contributed by atoms with Gasteiger partial charge in [0.05, 0.1) is 0 Å². The third kappa shape index (κ3) is 4.26. The van der Waals surface area contributed by atoms with Crippen LogP contribution in [0.5, 0.6) is 0 Å². The van der Waals surface area contributed by atoms with E-state index < -0.39 is 0 Å². The van der Waals surface area contributed by atoms with Gasteiger partial charge in [-0.15, -0.1) is 0 Å². The minimum atomic E-state index is 0.805. The van der Waals surface area contributed by atoms with Gasteiger partial charge in [-0.2, -0.15) is 0 Å². The third-order valence-electron chi connectivity index (χ3n) is 4.60. The van der Waals surface area contributed by atoms with Crippen LogP contribution in [0.15, 0.2) is 0 Å². The summed E-state index contributed by atoms with van der Waals surface area (Å²) < 4.78 is 0. The van der Waals surface area contributed by atoms with Crippen molar-refractivity contribution in [2.45, 2.75) is 57.9 Å². The number of hydrogen-bond acceptors (Lipinski definition) is 2. The van der Waals surface area contributed by atoms with Crippen LogP contribution in [-0.2, 0) is 0 Å². The summed E-state index contributed by atoms with van der Waals surface area (Å²) >= 11 is 0. The Morgan fingerprint density at radius 2 is 1.94 bits per heavy atom. The molecule has 2 aliphatic carbocycles. The molecular weight excluding hydrogens is 208 g/mol. The largest absolute Gasteiger partial charge is 0.317 e. The highest BCUT2D eigenvalue weighted by molar-refractivity contribution is 4.83. The number of nitrogens with zero attached hydrogens (tertiary/aromatic N) is 1. The van der Waals surface area contributed by atoms with Gasteiger partial charge in [-0.1, -0.05) is 13.3 Å². The van der Waals surface area contributed by atoms with E-state index in [-0.39, 0.29) is 0 Å². The zero-order valence-electron chi connectivity index (χ0n) is 11.8. The first-order valence-corrected chi connectivity index (χ1v) is 7.73. The van der Waals surface area contributed by atoms with Crippen molar-refractivity contribution in [3.8, 4) is 0 Å². The van der Waals surface area contributed by atoms with Gasteiger partial charge >= 0.3 is 0 Å². The van der Waals surface area contributed by atoms with E-state index in [1.54, 1.807) is 0 Å². The van der Waals surface area contributed by atoms with E-state index in [2.05, 4.69) is 24.2 Å². The summed E-state index contributed by atoms with van der Waals surface area (Å²) in [5.74, 6) is 1.99. The zero-order chi connectivity index (χ0) is 12.1. The van der Waals surface area contributed by atoms with Gasteiger partial charge in [0.25, 0.3) is 0 Å². The normalized spacial score (nSPS) is 29.1. The van der Waals surface area contributed by atoms with Gasteiger partial charge in [-0.3, -0.25) is 0 Å². The predicted octanol–water partition coefficient (Wildman–Crippen LogP) is 2.89. The van der Waals surface area contributed by atoms with E-state index in [1.165, 1.54) is 64.6 Å². The van der Waals surface area contributed by atoms with E-state index in [1.807, 2.05) is 0 Å². The van der Waals surface area contributed by atoms with Gasteiger partial charge in [0.15, 0.2) is 0 Å². The second-order valence-electron chi connectivity index (χ2n) is 6.12. The highest BCUT2D eigenvalue weighted by atomic mass is 15.1. The smallest absolute Gasteiger partial charge is 0.00928 e. The Kier molecular flexibility index (Phi) is 5.30. The van der Waals surface area contributed by atoms with Crippen molar-refractivity contribution in [1.29, 1.82) is 0 Å². The van der Waals surface area contributed by atoms with Crippen LogP contribution in [0.4, 0.5) is 0 Å². The van der Waals surface area contributed by atoms with E-state index in [0.717, 1.165) is 17.9 Å². The lowest BCUT2D eigenvalue weighted by Gasteiger charge is -2.25. The van der Waals surface area contributed by atoms with Gasteiger partial charge in [-0.25, -0.2) is 0 Å². The van der Waals surface area contributed by atoms with Crippen molar-refractivity contribution in [3.05, 3.63) is 0 Å². The molecule has 0 amide bonds. The highest BCUT2D eigenvalue weighted by Gasteiger charge is 2.27. The van der Waals surface area contributed by atoms with Gasteiger partial charge < -0.3 is 10.2 Å². The monoisotopic (exact) mass is 238 g/mol. The molecule has 2 atom stereocenters. The predicted molar refractivity (Wildman–Crippen MR) is 74.3 cm³/mol. The average molecular weight is 238 g/mol. The van der Waals surface area contributed by atoms with Crippen molar-refractivity contribution in [2.24, 2.45) is 11.8 Å². The summed E-state index contributed by atoms with van der Waals surface area (Å²) in [5, 5.41) is 3.50. The molecule has 2 rings (SSSR count). The minimum absolute atomic E-state index is 0.805. The Bertz CT molecular complexity index is 213. The Morgan fingerprint density at radius 1 is 1.12 bits per heavy atom. The summed E-state index contributed by atoms with van der Waals surface area (Å²) in [6.45, 7) is 6.34. The first kappa shape index (κ1) is 13.4. The van der Waals surface area contributed by atoms with Crippen LogP contribution in [0.3, 0.4) is 0 Å². The molecule has 2 nitrogen and oxygen atoms in total. The summed E-state index contributed by atoms with van der Waals surface area (Å²) in [4.78, 5) is 2.72. The highest BCUT2D eigenvalue weighted by Crippen LogP contribution is 2.31. The van der Waals surface area contributed by atoms with E-state index >= 15 is 0 Å². The molecule has 0 radical (unpaired) electrons. The molecule has 0 aromatic rings. The molecule has 0 spiro atoms. The van der Waals surface area contributed by atoms with Crippen LogP contribution < -0.4 is 5.32 Å². The zero-order valence-corrected chi connectivity index (χ0v) is 11.8. The van der Waals surface area contributed by atoms with Crippen molar-refractivity contribution in [2.75, 3.05) is 26.7 Å². The summed E-state index contributed by atoms with van der Waals surface area (Å²) in [6.07, 6.45) is 10.00. The molecule has 2 heteroatoms. The fourth-order valence-corrected chi connectivity index (χ4v) is 3.39. The van der Waals surface area contributed by atoms with Crippen molar-refractivity contribution < 1.29 is 0 Å². The third-order valence-corrected chi connectivity index (χ3v) is 4.60. The molecule has 100 valence electrons. The van der Waals surface area contributed by atoms with Gasteiger partial charge in [0.1, 0.15) is 0 Å². The number of rotatable bonds is 8. The van der Waals surface area contributed by atoms with Gasteiger partial charge in [0, 0.05) is 12.6 Å². The van der Waals surface area contributed by atoms with Crippen LogP contribution in [0.2, 0.25) is 0 Å². The van der Waals surface area contributed by atoms with E-state index in [4.69, 9.17) is 0 Å². The summed E-state index contributed by atoms with van der Waals surface area (Å²) in [6, 6.07) is 0.805. The van der Waals surface area contributed by atoms with Crippen LogP contribution in [0, 0.1) is 11.8 Å². The van der Waals surface area contributed by atoms with Crippen molar-refractivity contribution in [3.63, 3.8) is 0 Å². The molecule has 2 unspecified atom stereocenters. The molecule has 2 aliphatic rings. The van der Waals surface area contributed by atoms with Gasteiger partial charge in [-0.05, 0) is 70.5 Å². The first-order chi connectivity index (χ1) is 8.33.